The number of carbonyl (C=O) groups excluding carboxylic acids is 2. The molecular formula is C14H15F2NO3. The maximum absolute atomic E-state index is 13.9. The third kappa shape index (κ3) is 5.26. The Morgan fingerprint density at radius 2 is 2.00 bits per heavy atom. The first-order chi connectivity index (χ1) is 9.48. The van der Waals surface area contributed by atoms with Gasteiger partial charge in [0.05, 0.1) is 20.1 Å². The molecule has 0 saturated carbocycles. The van der Waals surface area contributed by atoms with Crippen molar-refractivity contribution >= 4 is 18.0 Å². The van der Waals surface area contributed by atoms with Crippen LogP contribution < -0.4 is 0 Å². The molecule has 108 valence electrons. The molecule has 0 unspecified atom stereocenters. The van der Waals surface area contributed by atoms with E-state index in [0.717, 1.165) is 7.11 Å². The second-order valence-electron chi connectivity index (χ2n) is 4.14. The van der Waals surface area contributed by atoms with Crippen molar-refractivity contribution in [2.24, 2.45) is 4.99 Å². The highest BCUT2D eigenvalue weighted by atomic mass is 19.3. The lowest BCUT2D eigenvalue weighted by molar-refractivity contribution is -0.133. The van der Waals surface area contributed by atoms with Crippen molar-refractivity contribution in [2.45, 2.75) is 18.8 Å². The van der Waals surface area contributed by atoms with E-state index in [1.807, 2.05) is 0 Å². The van der Waals surface area contributed by atoms with Crippen LogP contribution in [-0.4, -0.2) is 37.5 Å². The van der Waals surface area contributed by atoms with Crippen LogP contribution >= 0.6 is 0 Å². The number of methoxy groups -OCH3 is 1. The van der Waals surface area contributed by atoms with E-state index in [1.54, 1.807) is 30.3 Å². The van der Waals surface area contributed by atoms with E-state index in [2.05, 4.69) is 9.73 Å². The van der Waals surface area contributed by atoms with Crippen molar-refractivity contribution in [3.05, 3.63) is 35.9 Å². The number of halogens is 2. The molecule has 0 N–H and O–H groups in total. The largest absolute Gasteiger partial charge is 0.465 e. The Kier molecular flexibility index (Phi) is 5.96. The predicted molar refractivity (Wildman–Crippen MR) is 70.1 cm³/mol. The lowest BCUT2D eigenvalue weighted by atomic mass is 10.0. The van der Waals surface area contributed by atoms with Gasteiger partial charge >= 0.3 is 5.97 Å². The number of hydrogen-bond acceptors (Lipinski definition) is 4. The zero-order chi connectivity index (χ0) is 15.0. The third-order valence-electron chi connectivity index (χ3n) is 2.51. The lowest BCUT2D eigenvalue weighted by Gasteiger charge is -2.16. The van der Waals surface area contributed by atoms with Gasteiger partial charge in [0.25, 0.3) is 5.92 Å². The fraction of sp³-hybridized carbons (Fsp3) is 0.357. The standard InChI is InChI=1S/C14H15F2NO3/c1-20-13(19)12(17-7-8-18)10-14(15,16)9-11-5-3-2-4-6-11/h2-6,8H,7,9-10H2,1H3. The normalized spacial score (nSPS) is 12.1. The zero-order valence-electron chi connectivity index (χ0n) is 11.0. The summed E-state index contributed by atoms with van der Waals surface area (Å²) in [5.41, 5.74) is 0.0256. The van der Waals surface area contributed by atoms with E-state index in [9.17, 15) is 18.4 Å². The highest BCUT2D eigenvalue weighted by Gasteiger charge is 2.33. The van der Waals surface area contributed by atoms with Crippen molar-refractivity contribution in [1.82, 2.24) is 0 Å². The molecule has 0 radical (unpaired) electrons. The molecule has 0 aliphatic rings. The van der Waals surface area contributed by atoms with Crippen LogP contribution in [0.25, 0.3) is 0 Å². The van der Waals surface area contributed by atoms with Crippen LogP contribution in [0.4, 0.5) is 8.78 Å². The molecule has 6 heteroatoms. The average Bonchev–Trinajstić information content (AvgIpc) is 2.43. The second-order valence-corrected chi connectivity index (χ2v) is 4.14. The Hall–Kier alpha value is -2.11. The van der Waals surface area contributed by atoms with Crippen molar-refractivity contribution in [2.75, 3.05) is 13.7 Å². The molecule has 0 spiro atoms. The van der Waals surface area contributed by atoms with E-state index in [-0.39, 0.29) is 6.54 Å². The van der Waals surface area contributed by atoms with E-state index < -0.39 is 30.4 Å². The average molecular weight is 283 g/mol. The van der Waals surface area contributed by atoms with E-state index in [4.69, 9.17) is 0 Å². The minimum Gasteiger partial charge on any atom is -0.465 e. The molecule has 0 aliphatic heterocycles. The summed E-state index contributed by atoms with van der Waals surface area (Å²) >= 11 is 0. The van der Waals surface area contributed by atoms with Gasteiger partial charge in [0.2, 0.25) is 0 Å². The first-order valence-electron chi connectivity index (χ1n) is 5.95. The summed E-state index contributed by atoms with van der Waals surface area (Å²) in [6, 6.07) is 8.20. The summed E-state index contributed by atoms with van der Waals surface area (Å²) in [5, 5.41) is 0. The fourth-order valence-electron chi connectivity index (χ4n) is 1.66. The summed E-state index contributed by atoms with van der Waals surface area (Å²) in [6.07, 6.45) is -0.939. The number of aldehydes is 1. The van der Waals surface area contributed by atoms with Crippen molar-refractivity contribution in [1.29, 1.82) is 0 Å². The number of alkyl halides is 2. The zero-order valence-corrected chi connectivity index (χ0v) is 11.0. The molecule has 0 amide bonds. The lowest BCUT2D eigenvalue weighted by Crippen LogP contribution is -2.29. The molecular weight excluding hydrogens is 268 g/mol. The summed E-state index contributed by atoms with van der Waals surface area (Å²) < 4.78 is 32.2. The number of carbonyl (C=O) groups is 2. The summed E-state index contributed by atoms with van der Waals surface area (Å²) in [4.78, 5) is 25.1. The van der Waals surface area contributed by atoms with Crippen LogP contribution in [0.2, 0.25) is 0 Å². The number of hydrogen-bond donors (Lipinski definition) is 0. The minimum absolute atomic E-state index is 0.341. The number of benzene rings is 1. The molecule has 0 fully saturated rings. The quantitative estimate of drug-likeness (QED) is 0.437. The maximum atomic E-state index is 13.9. The molecule has 1 rings (SSSR count). The molecule has 0 bridgehead atoms. The van der Waals surface area contributed by atoms with Gasteiger partial charge in [0.15, 0.2) is 0 Å². The first kappa shape index (κ1) is 15.9. The van der Waals surface area contributed by atoms with Crippen LogP contribution in [0.15, 0.2) is 35.3 Å². The summed E-state index contributed by atoms with van der Waals surface area (Å²) in [7, 11) is 1.08. The Balaban J connectivity index is 2.80. The van der Waals surface area contributed by atoms with Crippen LogP contribution in [0.1, 0.15) is 12.0 Å². The number of aliphatic imine (C=N–C) groups is 1. The van der Waals surface area contributed by atoms with E-state index in [1.165, 1.54) is 0 Å². The molecule has 0 atom stereocenters. The Morgan fingerprint density at radius 1 is 1.35 bits per heavy atom. The second kappa shape index (κ2) is 7.47. The van der Waals surface area contributed by atoms with Gasteiger partial charge in [-0.3, -0.25) is 4.99 Å². The minimum atomic E-state index is -3.14. The van der Waals surface area contributed by atoms with Gasteiger partial charge in [0.1, 0.15) is 12.0 Å². The highest BCUT2D eigenvalue weighted by Crippen LogP contribution is 2.25. The number of rotatable bonds is 7. The van der Waals surface area contributed by atoms with Gasteiger partial charge in [-0.15, -0.1) is 0 Å². The van der Waals surface area contributed by atoms with E-state index >= 15 is 0 Å². The molecule has 1 aromatic rings. The number of esters is 1. The van der Waals surface area contributed by atoms with Crippen LogP contribution in [-0.2, 0) is 20.7 Å². The topological polar surface area (TPSA) is 55.7 Å². The highest BCUT2D eigenvalue weighted by molar-refractivity contribution is 6.36. The van der Waals surface area contributed by atoms with Crippen LogP contribution in [0.5, 0.6) is 0 Å². The smallest absolute Gasteiger partial charge is 0.352 e. The fourth-order valence-corrected chi connectivity index (χ4v) is 1.66. The van der Waals surface area contributed by atoms with Crippen LogP contribution in [0, 0.1) is 0 Å². The maximum Gasteiger partial charge on any atom is 0.352 e. The first-order valence-corrected chi connectivity index (χ1v) is 5.95. The molecule has 0 aliphatic carbocycles. The number of ether oxygens (including phenoxy) is 1. The van der Waals surface area contributed by atoms with E-state index in [0.29, 0.717) is 11.8 Å². The van der Waals surface area contributed by atoms with Crippen LogP contribution in [0.3, 0.4) is 0 Å². The Bertz CT molecular complexity index is 486. The molecule has 0 heterocycles. The molecule has 0 saturated heterocycles. The van der Waals surface area contributed by atoms with Gasteiger partial charge in [-0.2, -0.15) is 0 Å². The molecule has 4 nitrogen and oxygen atoms in total. The third-order valence-corrected chi connectivity index (χ3v) is 2.51. The predicted octanol–water partition coefficient (Wildman–Crippen LogP) is 2.07. The summed E-state index contributed by atoms with van der Waals surface area (Å²) in [6.45, 7) is -0.341. The molecule has 1 aromatic carbocycles. The van der Waals surface area contributed by atoms with Gasteiger partial charge in [0, 0.05) is 6.42 Å². The Labute approximate surface area is 115 Å². The SMILES string of the molecule is COC(=O)C(CC(F)(F)Cc1ccccc1)=NCC=O. The van der Waals surface area contributed by atoms with Crippen molar-refractivity contribution < 1.29 is 23.1 Å². The molecule has 0 aromatic heterocycles. The van der Waals surface area contributed by atoms with Gasteiger partial charge < -0.3 is 9.53 Å². The summed E-state index contributed by atoms with van der Waals surface area (Å²) in [5.74, 6) is -4.09. The monoisotopic (exact) mass is 283 g/mol. The number of nitrogens with zero attached hydrogens (tertiary/aromatic N) is 1. The van der Waals surface area contributed by atoms with Crippen molar-refractivity contribution in [3.8, 4) is 0 Å². The molecule has 20 heavy (non-hydrogen) atoms. The Morgan fingerprint density at radius 3 is 2.55 bits per heavy atom. The van der Waals surface area contributed by atoms with Gasteiger partial charge in [-0.05, 0) is 5.56 Å². The van der Waals surface area contributed by atoms with Crippen molar-refractivity contribution in [3.63, 3.8) is 0 Å². The van der Waals surface area contributed by atoms with Gasteiger partial charge in [-0.1, -0.05) is 30.3 Å². The van der Waals surface area contributed by atoms with Gasteiger partial charge in [-0.25, -0.2) is 13.6 Å².